The SMILES string of the molecule is CCCCCCCCCCCCCCCC(=O)OC[C@H](COP(=O)(O)OC[C@@H](O)COP(=O)(O)OC[C@@H](COC(=O)CCCCCCCCC)OC(=O)CCCCCCCCCCCCCCC)OC(=O)CCCCCCCCCCCCCC(C)C. The van der Waals surface area contributed by atoms with Crippen LogP contribution in [0.25, 0.3) is 0 Å². The summed E-state index contributed by atoms with van der Waals surface area (Å²) in [5.41, 5.74) is 0. The van der Waals surface area contributed by atoms with E-state index in [1.54, 1.807) is 0 Å². The van der Waals surface area contributed by atoms with Crippen LogP contribution in [0.3, 0.4) is 0 Å². The van der Waals surface area contributed by atoms with E-state index in [1.165, 1.54) is 161 Å². The van der Waals surface area contributed by atoms with Gasteiger partial charge in [-0.05, 0) is 31.6 Å². The quantitative estimate of drug-likeness (QED) is 0.0222. The lowest BCUT2D eigenvalue weighted by molar-refractivity contribution is -0.161. The predicted molar refractivity (Wildman–Crippen MR) is 349 cm³/mol. The molecule has 0 amide bonds. The molecule has 19 heteroatoms. The van der Waals surface area contributed by atoms with Gasteiger partial charge in [-0.1, -0.05) is 298 Å². The fourth-order valence-corrected chi connectivity index (χ4v) is 11.9. The van der Waals surface area contributed by atoms with Crippen molar-refractivity contribution in [1.82, 2.24) is 0 Å². The number of hydrogen-bond acceptors (Lipinski definition) is 15. The largest absolute Gasteiger partial charge is 0.472 e. The lowest BCUT2D eigenvalue weighted by Gasteiger charge is -2.21. The number of ether oxygens (including phenoxy) is 4. The maximum absolute atomic E-state index is 13.0. The Bertz CT molecular complexity index is 1690. The molecule has 0 spiro atoms. The summed E-state index contributed by atoms with van der Waals surface area (Å²) in [7, 11) is -9.89. The third-order valence-corrected chi connectivity index (χ3v) is 17.7. The zero-order chi connectivity index (χ0) is 64.2. The van der Waals surface area contributed by atoms with Gasteiger partial charge in [0.2, 0.25) is 0 Å². The van der Waals surface area contributed by atoms with Crippen LogP contribution in [0.5, 0.6) is 0 Å². The summed E-state index contributed by atoms with van der Waals surface area (Å²) in [5, 5.41) is 10.6. The van der Waals surface area contributed by atoms with Gasteiger partial charge in [0.15, 0.2) is 12.2 Å². The van der Waals surface area contributed by atoms with E-state index in [-0.39, 0.29) is 25.7 Å². The highest BCUT2D eigenvalue weighted by atomic mass is 31.2. The Labute approximate surface area is 530 Å². The van der Waals surface area contributed by atoms with Crippen molar-refractivity contribution in [2.45, 2.75) is 368 Å². The first kappa shape index (κ1) is 85.1. The molecule has 0 rings (SSSR count). The van der Waals surface area contributed by atoms with E-state index in [0.29, 0.717) is 25.7 Å². The number of esters is 4. The Morgan fingerprint density at radius 2 is 0.529 bits per heavy atom. The third kappa shape index (κ3) is 62.6. The highest BCUT2D eigenvalue weighted by molar-refractivity contribution is 7.47. The minimum absolute atomic E-state index is 0.107. The topological polar surface area (TPSA) is 237 Å². The molecular weight excluding hydrogens is 1150 g/mol. The van der Waals surface area contributed by atoms with E-state index in [0.717, 1.165) is 109 Å². The van der Waals surface area contributed by atoms with Crippen LogP contribution in [0, 0.1) is 5.92 Å². The Morgan fingerprint density at radius 1 is 0.310 bits per heavy atom. The minimum Gasteiger partial charge on any atom is -0.462 e. The second-order valence-corrected chi connectivity index (χ2v) is 27.9. The fraction of sp³-hybridized carbons (Fsp3) is 0.941. The van der Waals surface area contributed by atoms with E-state index in [1.807, 2.05) is 0 Å². The van der Waals surface area contributed by atoms with Crippen molar-refractivity contribution in [3.63, 3.8) is 0 Å². The van der Waals surface area contributed by atoms with Crippen LogP contribution >= 0.6 is 15.6 Å². The second-order valence-electron chi connectivity index (χ2n) is 25.0. The monoisotopic (exact) mass is 1280 g/mol. The van der Waals surface area contributed by atoms with Gasteiger partial charge in [-0.25, -0.2) is 9.13 Å². The Hall–Kier alpha value is -1.94. The number of phosphoric ester groups is 2. The van der Waals surface area contributed by atoms with E-state index in [9.17, 15) is 43.2 Å². The lowest BCUT2D eigenvalue weighted by Crippen LogP contribution is -2.30. The molecule has 0 aromatic carbocycles. The number of carbonyl (C=O) groups is 4. The molecule has 0 bridgehead atoms. The molecule has 0 aromatic heterocycles. The smallest absolute Gasteiger partial charge is 0.462 e. The first-order valence-corrected chi connectivity index (χ1v) is 38.6. The summed E-state index contributed by atoms with van der Waals surface area (Å²) < 4.78 is 68.1. The number of carbonyl (C=O) groups excluding carboxylic acids is 4. The summed E-state index contributed by atoms with van der Waals surface area (Å²) >= 11 is 0. The number of aliphatic hydroxyl groups excluding tert-OH is 1. The normalized spacial score (nSPS) is 14.1. The van der Waals surface area contributed by atoms with Gasteiger partial charge >= 0.3 is 39.5 Å². The summed E-state index contributed by atoms with van der Waals surface area (Å²) in [4.78, 5) is 72.3. The van der Waals surface area contributed by atoms with Gasteiger partial charge < -0.3 is 33.8 Å². The van der Waals surface area contributed by atoms with Crippen molar-refractivity contribution in [2.24, 2.45) is 5.92 Å². The lowest BCUT2D eigenvalue weighted by atomic mass is 10.0. The average molecular weight is 1280 g/mol. The highest BCUT2D eigenvalue weighted by Crippen LogP contribution is 2.45. The Balaban J connectivity index is 5.21. The molecule has 0 aliphatic rings. The number of unbranched alkanes of at least 4 members (excludes halogenated alkanes) is 40. The van der Waals surface area contributed by atoms with E-state index in [2.05, 4.69) is 34.6 Å². The predicted octanol–water partition coefficient (Wildman–Crippen LogP) is 19.4. The Kier molecular flexibility index (Phi) is 60.2. The van der Waals surface area contributed by atoms with Gasteiger partial charge in [0.1, 0.15) is 19.3 Å². The first-order chi connectivity index (χ1) is 42.0. The van der Waals surface area contributed by atoms with Gasteiger partial charge in [-0.15, -0.1) is 0 Å². The van der Waals surface area contributed by atoms with Gasteiger partial charge in [0.05, 0.1) is 26.4 Å². The molecule has 0 heterocycles. The number of hydrogen-bond donors (Lipinski definition) is 3. The fourth-order valence-electron chi connectivity index (χ4n) is 10.3. The van der Waals surface area contributed by atoms with E-state index >= 15 is 0 Å². The maximum atomic E-state index is 13.0. The molecular formula is C68H132O17P2. The minimum atomic E-state index is -4.95. The van der Waals surface area contributed by atoms with Crippen molar-refractivity contribution in [3.05, 3.63) is 0 Å². The molecule has 516 valence electrons. The van der Waals surface area contributed by atoms with Crippen molar-refractivity contribution < 1.29 is 80.2 Å². The average Bonchev–Trinajstić information content (AvgIpc) is 3.69. The van der Waals surface area contributed by atoms with Crippen LogP contribution < -0.4 is 0 Å². The summed E-state index contributed by atoms with van der Waals surface area (Å²) in [6.07, 6.45) is 47.1. The highest BCUT2D eigenvalue weighted by Gasteiger charge is 2.30. The molecule has 0 radical (unpaired) electrons. The standard InChI is InChI=1S/C68H132O17P2/c1-6-9-12-15-18-20-22-24-28-32-37-42-47-52-66(71)79-58-64(85-68(73)54-49-44-39-34-30-26-27-31-36-40-45-50-61(4)5)60-83-87(76,77)81-56-62(69)55-80-86(74,75)82-59-63(57-78-65(70)51-46-41-35-17-14-11-8-3)84-67(72)53-48-43-38-33-29-25-23-21-19-16-13-10-7-2/h61-64,69H,6-60H2,1-5H3,(H,74,75)(H,76,77)/t62-,63+,64+/m0/s1. The second kappa shape index (κ2) is 61.6. The number of rotatable bonds is 68. The third-order valence-electron chi connectivity index (χ3n) is 15.8. The summed E-state index contributed by atoms with van der Waals surface area (Å²) in [6, 6.07) is 0. The molecule has 0 aromatic rings. The molecule has 0 aliphatic carbocycles. The van der Waals surface area contributed by atoms with Crippen molar-refractivity contribution in [3.8, 4) is 0 Å². The zero-order valence-corrected chi connectivity index (χ0v) is 57.9. The molecule has 0 aliphatic heterocycles. The molecule has 17 nitrogen and oxygen atoms in total. The van der Waals surface area contributed by atoms with Crippen LogP contribution in [-0.4, -0.2) is 96.7 Å². The van der Waals surface area contributed by atoms with Gasteiger partial charge in [0, 0.05) is 25.7 Å². The Morgan fingerprint density at radius 3 is 0.782 bits per heavy atom. The van der Waals surface area contributed by atoms with Crippen LogP contribution in [0.4, 0.5) is 0 Å². The molecule has 3 N–H and O–H groups in total. The number of aliphatic hydroxyl groups is 1. The maximum Gasteiger partial charge on any atom is 0.472 e. The van der Waals surface area contributed by atoms with Crippen LogP contribution in [-0.2, 0) is 65.4 Å². The zero-order valence-electron chi connectivity index (χ0n) is 56.2. The van der Waals surface area contributed by atoms with Crippen LogP contribution in [0.2, 0.25) is 0 Å². The van der Waals surface area contributed by atoms with Gasteiger partial charge in [-0.2, -0.15) is 0 Å². The van der Waals surface area contributed by atoms with Crippen molar-refractivity contribution in [1.29, 1.82) is 0 Å². The number of phosphoric acid groups is 2. The van der Waals surface area contributed by atoms with E-state index in [4.69, 9.17) is 37.0 Å². The van der Waals surface area contributed by atoms with Crippen LogP contribution in [0.1, 0.15) is 349 Å². The molecule has 5 atom stereocenters. The summed E-state index contributed by atoms with van der Waals surface area (Å²) in [5.74, 6) is -1.36. The van der Waals surface area contributed by atoms with Crippen molar-refractivity contribution in [2.75, 3.05) is 39.6 Å². The van der Waals surface area contributed by atoms with E-state index < -0.39 is 97.5 Å². The molecule has 0 saturated heterocycles. The van der Waals surface area contributed by atoms with Crippen LogP contribution in [0.15, 0.2) is 0 Å². The van der Waals surface area contributed by atoms with Gasteiger partial charge in [0.25, 0.3) is 0 Å². The molecule has 0 fully saturated rings. The van der Waals surface area contributed by atoms with Crippen molar-refractivity contribution >= 4 is 39.5 Å². The molecule has 2 unspecified atom stereocenters. The molecule has 0 saturated carbocycles. The molecule has 87 heavy (non-hydrogen) atoms. The first-order valence-electron chi connectivity index (χ1n) is 35.6. The van der Waals surface area contributed by atoms with Gasteiger partial charge in [-0.3, -0.25) is 37.3 Å². The summed E-state index contributed by atoms with van der Waals surface area (Å²) in [6.45, 7) is 7.20.